The van der Waals surface area contributed by atoms with Gasteiger partial charge < -0.3 is 10.1 Å². The first kappa shape index (κ1) is 21.5. The van der Waals surface area contributed by atoms with Crippen LogP contribution in [0.3, 0.4) is 0 Å². The lowest BCUT2D eigenvalue weighted by Gasteiger charge is -2.15. The average Bonchev–Trinajstić information content (AvgIpc) is 3.42. The molecular weight excluding hydrogens is 417 g/mol. The molecule has 0 aromatic heterocycles. The Morgan fingerprint density at radius 3 is 2.78 bits per heavy atom. The average molecular weight is 441 g/mol. The fourth-order valence-corrected chi connectivity index (χ4v) is 3.43. The molecule has 1 saturated heterocycles. The predicted octanol–water partition coefficient (Wildman–Crippen LogP) is 1.27. The highest BCUT2D eigenvalue weighted by Crippen LogP contribution is 2.29. The van der Waals surface area contributed by atoms with Crippen molar-refractivity contribution in [3.05, 3.63) is 53.8 Å². The molecule has 2 aliphatic rings. The number of nitrogens with one attached hydrogen (secondary N) is 4. The van der Waals surface area contributed by atoms with Crippen molar-refractivity contribution in [1.82, 2.24) is 26.7 Å². The summed E-state index contributed by atoms with van der Waals surface area (Å²) in [7, 11) is 0. The summed E-state index contributed by atoms with van der Waals surface area (Å²) in [5.41, 5.74) is 8.09. The lowest BCUT2D eigenvalue weighted by atomic mass is 10.0. The zero-order chi connectivity index (χ0) is 22.5. The molecule has 1 fully saturated rings. The summed E-state index contributed by atoms with van der Waals surface area (Å²) >= 11 is 0. The molecule has 2 aromatic rings. The minimum absolute atomic E-state index is 0.202. The second-order valence-electron chi connectivity index (χ2n) is 7.44. The highest BCUT2D eigenvalue weighted by molar-refractivity contribution is 5.90. The summed E-state index contributed by atoms with van der Waals surface area (Å²) in [5, 5.41) is 11.5. The van der Waals surface area contributed by atoms with Crippen LogP contribution in [-0.2, 0) is 16.1 Å². The van der Waals surface area contributed by atoms with E-state index in [4.69, 9.17) is 4.74 Å². The van der Waals surface area contributed by atoms with Crippen molar-refractivity contribution in [3.63, 3.8) is 0 Å². The molecule has 4 N–H and O–H groups in total. The number of nitrogens with zero attached hydrogens (tertiary/aromatic N) is 3. The van der Waals surface area contributed by atoms with Gasteiger partial charge in [-0.2, -0.15) is 5.10 Å². The zero-order valence-corrected chi connectivity index (χ0v) is 17.5. The van der Waals surface area contributed by atoms with Crippen molar-refractivity contribution in [2.45, 2.75) is 19.6 Å². The van der Waals surface area contributed by atoms with Gasteiger partial charge in [0.1, 0.15) is 18.3 Å². The van der Waals surface area contributed by atoms with Gasteiger partial charge in [-0.25, -0.2) is 14.7 Å². The van der Waals surface area contributed by atoms with E-state index in [0.717, 1.165) is 11.1 Å². The fraction of sp³-hybridized carbons (Fsp3) is 0.286. The number of hydrogen-bond donors (Lipinski definition) is 4. The third kappa shape index (κ3) is 5.13. The van der Waals surface area contributed by atoms with Gasteiger partial charge in [-0.1, -0.05) is 24.3 Å². The smallest absolute Gasteiger partial charge is 0.414 e. The van der Waals surface area contributed by atoms with Gasteiger partial charge in [-0.3, -0.25) is 20.0 Å². The number of anilines is 1. The van der Waals surface area contributed by atoms with Crippen molar-refractivity contribution in [2.75, 3.05) is 24.7 Å². The van der Waals surface area contributed by atoms with Crippen LogP contribution in [0.5, 0.6) is 0 Å². The van der Waals surface area contributed by atoms with Crippen LogP contribution in [0, 0.1) is 5.82 Å². The van der Waals surface area contributed by atoms with Gasteiger partial charge in [0.15, 0.2) is 0 Å². The van der Waals surface area contributed by atoms with Crippen molar-refractivity contribution >= 4 is 24.0 Å². The van der Waals surface area contributed by atoms with Crippen LogP contribution in [0.25, 0.3) is 11.1 Å². The molecule has 0 unspecified atom stereocenters. The topological polar surface area (TPSA) is 110 Å². The molecular formula is C21H24FN7O3. The first-order valence-corrected chi connectivity index (χ1v) is 10.1. The van der Waals surface area contributed by atoms with Crippen LogP contribution in [0.1, 0.15) is 12.5 Å². The Morgan fingerprint density at radius 2 is 2.09 bits per heavy atom. The van der Waals surface area contributed by atoms with Gasteiger partial charge in [0.05, 0.1) is 25.4 Å². The molecule has 32 heavy (non-hydrogen) atoms. The van der Waals surface area contributed by atoms with Crippen molar-refractivity contribution in [1.29, 1.82) is 0 Å². The standard InChI is InChI=1S/C21H24FN7O3/c1-14(30)24-10-18-11-29(21(31)32-18)17-6-7-19(20(22)8-17)16-4-2-15(3-5-16)9-23-12-28-13-25-26-27-28/h2-8,13,18,23,26-27H,9-12H2,1H3,(H,24,30)/t18-/m0/s1. The molecule has 4 rings (SSSR count). The van der Waals surface area contributed by atoms with Gasteiger partial charge >= 0.3 is 6.09 Å². The number of cyclic esters (lactones) is 1. The molecule has 2 heterocycles. The van der Waals surface area contributed by atoms with Gasteiger partial charge in [0.25, 0.3) is 0 Å². The number of carbonyl (C=O) groups is 2. The van der Waals surface area contributed by atoms with Crippen LogP contribution in [0.15, 0.2) is 47.6 Å². The Hall–Kier alpha value is -3.70. The molecule has 0 spiro atoms. The van der Waals surface area contributed by atoms with Crippen LogP contribution >= 0.6 is 0 Å². The van der Waals surface area contributed by atoms with Crippen molar-refractivity contribution in [2.24, 2.45) is 5.10 Å². The second kappa shape index (κ2) is 9.62. The maximum Gasteiger partial charge on any atom is 0.414 e. The molecule has 0 radical (unpaired) electrons. The second-order valence-corrected chi connectivity index (χ2v) is 7.44. The maximum atomic E-state index is 14.9. The zero-order valence-electron chi connectivity index (χ0n) is 17.5. The van der Waals surface area contributed by atoms with E-state index < -0.39 is 18.0 Å². The molecule has 2 aromatic carbocycles. The van der Waals surface area contributed by atoms with Crippen LogP contribution in [0.2, 0.25) is 0 Å². The number of hydrogen-bond acceptors (Lipinski definition) is 8. The number of halogens is 1. The summed E-state index contributed by atoms with van der Waals surface area (Å²) < 4.78 is 20.1. The first-order valence-electron chi connectivity index (χ1n) is 10.1. The lowest BCUT2D eigenvalue weighted by molar-refractivity contribution is -0.119. The Morgan fingerprint density at radius 1 is 1.28 bits per heavy atom. The van der Waals surface area contributed by atoms with Gasteiger partial charge in [0.2, 0.25) is 5.91 Å². The number of hydrazine groups is 2. The highest BCUT2D eigenvalue weighted by atomic mass is 19.1. The number of hydrazone groups is 1. The van der Waals surface area contributed by atoms with Crippen LogP contribution in [0.4, 0.5) is 14.9 Å². The minimum atomic E-state index is -0.560. The quantitative estimate of drug-likeness (QED) is 0.488. The van der Waals surface area contributed by atoms with E-state index in [-0.39, 0.29) is 19.0 Å². The third-order valence-electron chi connectivity index (χ3n) is 5.05. The normalized spacial score (nSPS) is 17.4. The number of amides is 2. The lowest BCUT2D eigenvalue weighted by Crippen LogP contribution is -2.42. The Kier molecular flexibility index (Phi) is 6.47. The number of benzene rings is 2. The molecule has 11 heteroatoms. The number of carbonyl (C=O) groups excluding carboxylic acids is 2. The number of ether oxygens (including phenoxy) is 1. The molecule has 2 amide bonds. The summed E-state index contributed by atoms with van der Waals surface area (Å²) in [6.45, 7) is 3.07. The van der Waals surface area contributed by atoms with E-state index in [1.807, 2.05) is 24.3 Å². The van der Waals surface area contributed by atoms with Gasteiger partial charge in [-0.05, 0) is 29.3 Å². The van der Waals surface area contributed by atoms with E-state index in [9.17, 15) is 14.0 Å². The number of rotatable bonds is 8. The Labute approximate surface area is 184 Å². The molecule has 1 atom stereocenters. The van der Waals surface area contributed by atoms with Crippen molar-refractivity contribution < 1.29 is 18.7 Å². The molecule has 0 aliphatic carbocycles. The molecule has 0 bridgehead atoms. The van der Waals surface area contributed by atoms with E-state index in [2.05, 4.69) is 26.8 Å². The van der Waals surface area contributed by atoms with E-state index >= 15 is 0 Å². The Bertz CT molecular complexity index is 1010. The van der Waals surface area contributed by atoms with E-state index in [0.29, 0.717) is 24.5 Å². The summed E-state index contributed by atoms with van der Waals surface area (Å²) in [4.78, 5) is 24.6. The fourth-order valence-electron chi connectivity index (χ4n) is 3.43. The SMILES string of the molecule is CC(=O)NC[C@H]1CN(c2ccc(-c3ccc(CNCN4C=NNN4)cc3)c(F)c2)C(=O)O1. The minimum Gasteiger partial charge on any atom is -0.442 e. The predicted molar refractivity (Wildman–Crippen MR) is 116 cm³/mol. The molecule has 0 saturated carbocycles. The highest BCUT2D eigenvalue weighted by Gasteiger charge is 2.32. The monoisotopic (exact) mass is 441 g/mol. The maximum absolute atomic E-state index is 14.9. The van der Waals surface area contributed by atoms with E-state index in [1.165, 1.54) is 17.9 Å². The van der Waals surface area contributed by atoms with Crippen LogP contribution < -0.4 is 26.6 Å². The Balaban J connectivity index is 1.37. The summed E-state index contributed by atoms with van der Waals surface area (Å²) in [5.74, 6) is -0.634. The molecule has 168 valence electrons. The summed E-state index contributed by atoms with van der Waals surface area (Å²) in [6.07, 6.45) is 0.601. The van der Waals surface area contributed by atoms with E-state index in [1.54, 1.807) is 23.5 Å². The third-order valence-corrected chi connectivity index (χ3v) is 5.05. The summed E-state index contributed by atoms with van der Waals surface area (Å²) in [6, 6.07) is 12.3. The van der Waals surface area contributed by atoms with Crippen LogP contribution in [-0.4, -0.2) is 49.2 Å². The van der Waals surface area contributed by atoms with Gasteiger partial charge in [0, 0.05) is 19.0 Å². The molecule has 2 aliphatic heterocycles. The molecule has 10 nitrogen and oxygen atoms in total. The van der Waals surface area contributed by atoms with Gasteiger partial charge in [-0.15, -0.1) is 5.53 Å². The van der Waals surface area contributed by atoms with Crippen molar-refractivity contribution in [3.8, 4) is 11.1 Å². The first-order chi connectivity index (χ1) is 15.5. The largest absolute Gasteiger partial charge is 0.442 e.